The van der Waals surface area contributed by atoms with Gasteiger partial charge < -0.3 is 15.8 Å². The summed E-state index contributed by atoms with van der Waals surface area (Å²) in [6.07, 6.45) is -3.40. The zero-order valence-corrected chi connectivity index (χ0v) is 22.5. The Morgan fingerprint density at radius 3 is 2.47 bits per heavy atom. The fourth-order valence-corrected chi connectivity index (χ4v) is 5.54. The SMILES string of the molecule is C[C@]12CCCN1N(Cc1cccc(F)c1F)C(=O)C(C(=O)Nc1ccc(C(F)(F)F)cc1-c1cccc(F)c1C=N)=C2O. The van der Waals surface area contributed by atoms with Crippen LogP contribution < -0.4 is 5.32 Å². The lowest BCUT2D eigenvalue weighted by molar-refractivity contribution is -0.160. The first-order valence-electron chi connectivity index (χ1n) is 13.1. The highest BCUT2D eigenvalue weighted by Crippen LogP contribution is 2.43. The van der Waals surface area contributed by atoms with Crippen LogP contribution >= 0.6 is 0 Å². The van der Waals surface area contributed by atoms with Crippen molar-refractivity contribution in [2.24, 2.45) is 0 Å². The minimum atomic E-state index is -4.80. The van der Waals surface area contributed by atoms with Crippen LogP contribution in [-0.4, -0.2) is 45.2 Å². The van der Waals surface area contributed by atoms with E-state index in [4.69, 9.17) is 5.41 Å². The van der Waals surface area contributed by atoms with Gasteiger partial charge in [0.15, 0.2) is 11.6 Å². The molecule has 0 bridgehead atoms. The van der Waals surface area contributed by atoms with Crippen LogP contribution in [0.15, 0.2) is 65.9 Å². The summed E-state index contributed by atoms with van der Waals surface area (Å²) in [5.41, 5.74) is -4.35. The Balaban J connectivity index is 1.58. The lowest BCUT2D eigenvalue weighted by Crippen LogP contribution is -2.60. The van der Waals surface area contributed by atoms with Gasteiger partial charge in [0.2, 0.25) is 0 Å². The third-order valence-electron chi connectivity index (χ3n) is 7.75. The molecule has 224 valence electrons. The molecule has 2 aliphatic heterocycles. The van der Waals surface area contributed by atoms with E-state index in [9.17, 15) is 41.0 Å². The molecule has 0 radical (unpaired) electrons. The van der Waals surface area contributed by atoms with E-state index >= 15 is 0 Å². The Bertz CT molecular complexity index is 1690. The number of hydrazine groups is 1. The van der Waals surface area contributed by atoms with Crippen molar-refractivity contribution in [2.75, 3.05) is 11.9 Å². The molecule has 7 nitrogen and oxygen atoms in total. The van der Waals surface area contributed by atoms with Crippen LogP contribution in [0.1, 0.15) is 36.5 Å². The second-order valence-electron chi connectivity index (χ2n) is 10.4. The molecular weight excluding hydrogens is 578 g/mol. The number of alkyl halides is 3. The highest BCUT2D eigenvalue weighted by molar-refractivity contribution is 6.24. The Kier molecular flexibility index (Phi) is 7.55. The molecule has 1 atom stereocenters. The quantitative estimate of drug-likeness (QED) is 0.174. The van der Waals surface area contributed by atoms with Crippen LogP contribution in [0.25, 0.3) is 11.1 Å². The summed E-state index contributed by atoms with van der Waals surface area (Å²) in [6.45, 7) is 1.35. The molecule has 0 unspecified atom stereocenters. The maximum atomic E-state index is 14.6. The van der Waals surface area contributed by atoms with Gasteiger partial charge in [-0.3, -0.25) is 14.6 Å². The van der Waals surface area contributed by atoms with Crippen LogP contribution in [0.3, 0.4) is 0 Å². The van der Waals surface area contributed by atoms with Gasteiger partial charge in [-0.05, 0) is 55.7 Å². The molecule has 43 heavy (non-hydrogen) atoms. The van der Waals surface area contributed by atoms with Gasteiger partial charge in [0, 0.05) is 35.1 Å². The minimum Gasteiger partial charge on any atom is -0.509 e. The predicted octanol–water partition coefficient (Wildman–Crippen LogP) is 6.35. The maximum absolute atomic E-state index is 14.6. The van der Waals surface area contributed by atoms with Crippen LogP contribution in [0, 0.1) is 22.9 Å². The number of halogens is 6. The minimum absolute atomic E-state index is 0.137. The van der Waals surface area contributed by atoms with Gasteiger partial charge in [-0.1, -0.05) is 24.3 Å². The summed E-state index contributed by atoms with van der Waals surface area (Å²) < 4.78 is 83.9. The molecule has 3 N–H and O–H groups in total. The molecule has 0 aromatic heterocycles. The van der Waals surface area contributed by atoms with Crippen molar-refractivity contribution in [3.8, 4) is 11.1 Å². The molecule has 3 aromatic carbocycles. The number of amides is 2. The van der Waals surface area contributed by atoms with E-state index in [0.29, 0.717) is 31.2 Å². The average molecular weight is 603 g/mol. The number of carbonyl (C=O) groups is 2. The smallest absolute Gasteiger partial charge is 0.416 e. The Hall–Kier alpha value is -4.65. The fourth-order valence-electron chi connectivity index (χ4n) is 5.54. The van der Waals surface area contributed by atoms with Gasteiger partial charge in [-0.2, -0.15) is 13.2 Å². The van der Waals surface area contributed by atoms with Gasteiger partial charge in [0.1, 0.15) is 17.1 Å². The number of aliphatic hydroxyl groups is 1. The van der Waals surface area contributed by atoms with Crippen molar-refractivity contribution in [3.63, 3.8) is 0 Å². The van der Waals surface area contributed by atoms with Crippen molar-refractivity contribution >= 4 is 23.7 Å². The number of nitrogens with zero attached hydrogens (tertiary/aromatic N) is 2. The lowest BCUT2D eigenvalue weighted by atomic mass is 9.90. The monoisotopic (exact) mass is 602 g/mol. The second-order valence-corrected chi connectivity index (χ2v) is 10.4. The molecule has 5 rings (SSSR count). The fraction of sp³-hybridized carbons (Fsp3) is 0.233. The number of hydrogen-bond acceptors (Lipinski definition) is 5. The maximum Gasteiger partial charge on any atom is 0.416 e. The Morgan fingerprint density at radius 2 is 1.77 bits per heavy atom. The molecular formula is C30H24F6N4O3. The number of aliphatic hydroxyl groups excluding tert-OH is 1. The number of carbonyl (C=O) groups excluding carboxylic acids is 2. The summed E-state index contributed by atoms with van der Waals surface area (Å²) in [7, 11) is 0. The van der Waals surface area contributed by atoms with Crippen LogP contribution in [0.2, 0.25) is 0 Å². The van der Waals surface area contributed by atoms with Gasteiger partial charge in [-0.15, -0.1) is 0 Å². The van der Waals surface area contributed by atoms with E-state index < -0.39 is 64.4 Å². The summed E-state index contributed by atoms with van der Waals surface area (Å²) in [6, 6.07) is 9.22. The molecule has 1 saturated heterocycles. The zero-order chi connectivity index (χ0) is 31.3. The summed E-state index contributed by atoms with van der Waals surface area (Å²) in [4.78, 5) is 27.4. The summed E-state index contributed by atoms with van der Waals surface area (Å²) >= 11 is 0. The molecule has 2 aliphatic rings. The third-order valence-corrected chi connectivity index (χ3v) is 7.75. The third kappa shape index (κ3) is 5.13. The van der Waals surface area contributed by atoms with Gasteiger partial charge in [0.05, 0.1) is 17.6 Å². The van der Waals surface area contributed by atoms with Crippen molar-refractivity contribution in [2.45, 2.75) is 38.0 Å². The summed E-state index contributed by atoms with van der Waals surface area (Å²) in [5, 5.41) is 23.7. The molecule has 1 fully saturated rings. The molecule has 0 saturated carbocycles. The van der Waals surface area contributed by atoms with E-state index in [1.54, 1.807) is 6.92 Å². The highest BCUT2D eigenvalue weighted by atomic mass is 19.4. The van der Waals surface area contributed by atoms with Crippen molar-refractivity contribution in [1.29, 1.82) is 5.41 Å². The van der Waals surface area contributed by atoms with Gasteiger partial charge in [0.25, 0.3) is 11.8 Å². The Morgan fingerprint density at radius 1 is 1.07 bits per heavy atom. The van der Waals surface area contributed by atoms with Crippen molar-refractivity contribution < 1.29 is 41.0 Å². The number of rotatable bonds is 6. The first kappa shape index (κ1) is 29.8. The second kappa shape index (κ2) is 10.9. The number of hydrogen-bond donors (Lipinski definition) is 3. The normalized spacial score (nSPS) is 19.0. The first-order valence-corrected chi connectivity index (χ1v) is 13.1. The van der Waals surface area contributed by atoms with Gasteiger partial charge in [-0.25, -0.2) is 18.2 Å². The number of anilines is 1. The topological polar surface area (TPSA) is 96.7 Å². The Labute approximate surface area is 241 Å². The molecule has 13 heteroatoms. The van der Waals surface area contributed by atoms with Crippen molar-refractivity contribution in [1.82, 2.24) is 10.0 Å². The van der Waals surface area contributed by atoms with Crippen LogP contribution in [0.5, 0.6) is 0 Å². The predicted molar refractivity (Wildman–Crippen MR) is 144 cm³/mol. The van der Waals surface area contributed by atoms with Crippen LogP contribution in [0.4, 0.5) is 32.0 Å². The molecule has 2 amide bonds. The lowest BCUT2D eigenvalue weighted by Gasteiger charge is -2.46. The largest absolute Gasteiger partial charge is 0.509 e. The molecule has 2 heterocycles. The number of fused-ring (bicyclic) bond motifs is 1. The van der Waals surface area contributed by atoms with E-state index in [1.165, 1.54) is 29.3 Å². The van der Waals surface area contributed by atoms with Gasteiger partial charge >= 0.3 is 6.18 Å². The molecule has 3 aromatic rings. The van der Waals surface area contributed by atoms with E-state index in [1.807, 2.05) is 0 Å². The molecule has 0 aliphatic carbocycles. The van der Waals surface area contributed by atoms with E-state index in [2.05, 4.69) is 5.32 Å². The first-order chi connectivity index (χ1) is 20.3. The number of nitrogens with one attached hydrogen (secondary N) is 2. The number of benzene rings is 3. The average Bonchev–Trinajstić information content (AvgIpc) is 3.35. The standard InChI is InChI=1S/C30H24F6N4O3/c1-29-11-4-12-40(29)39(15-16-5-2-8-22(32)25(16)33)28(43)24(26(29)41)27(42)38-23-10-9-17(30(34,35)36)13-19(23)18-6-3-7-21(31)20(18)14-37/h2-3,5-10,13-14,37,41H,4,11-12,15H2,1H3,(H,38,42)/t29-/m1/s1. The van der Waals surface area contributed by atoms with Crippen molar-refractivity contribution in [3.05, 3.63) is 100 Å². The highest BCUT2D eigenvalue weighted by Gasteiger charge is 2.52. The van der Waals surface area contributed by atoms with Crippen LogP contribution in [-0.2, 0) is 22.3 Å². The zero-order valence-electron chi connectivity index (χ0n) is 22.5. The van der Waals surface area contributed by atoms with E-state index in [-0.39, 0.29) is 34.5 Å². The molecule has 0 spiro atoms. The summed E-state index contributed by atoms with van der Waals surface area (Å²) in [5.74, 6) is -6.04. The van der Waals surface area contributed by atoms with E-state index in [0.717, 1.165) is 23.2 Å².